The molecule has 0 spiro atoms. The highest BCUT2D eigenvalue weighted by molar-refractivity contribution is 5.92. The van der Waals surface area contributed by atoms with Gasteiger partial charge in [0.25, 0.3) is 17.4 Å². The van der Waals surface area contributed by atoms with Gasteiger partial charge in [-0.2, -0.15) is 4.98 Å². The van der Waals surface area contributed by atoms with E-state index in [9.17, 15) is 9.59 Å². The molecular weight excluding hydrogens is 346 g/mol. The van der Waals surface area contributed by atoms with Crippen molar-refractivity contribution in [3.63, 3.8) is 0 Å². The molecular formula is C19H15N5O3. The smallest absolute Gasteiger partial charge is 0.271 e. The molecule has 134 valence electrons. The Kier molecular flexibility index (Phi) is 4.36. The number of carbonyl (C=O) groups excluding carboxylic acids is 1. The molecule has 8 nitrogen and oxygen atoms in total. The molecule has 27 heavy (non-hydrogen) atoms. The van der Waals surface area contributed by atoms with Crippen LogP contribution in [0.3, 0.4) is 0 Å². The average Bonchev–Trinajstić information content (AvgIpc) is 3.34. The number of carbonyl (C=O) groups is 1. The highest BCUT2D eigenvalue weighted by atomic mass is 16.5. The third kappa shape index (κ3) is 3.54. The van der Waals surface area contributed by atoms with Crippen LogP contribution in [0.4, 0.5) is 0 Å². The van der Waals surface area contributed by atoms with Crippen LogP contribution in [0, 0.1) is 0 Å². The molecule has 0 aliphatic heterocycles. The molecule has 0 aliphatic rings. The van der Waals surface area contributed by atoms with Gasteiger partial charge in [-0.15, -0.1) is 0 Å². The van der Waals surface area contributed by atoms with Crippen molar-refractivity contribution in [1.82, 2.24) is 25.2 Å². The maximum Gasteiger partial charge on any atom is 0.271 e. The third-order valence-electron chi connectivity index (χ3n) is 3.88. The van der Waals surface area contributed by atoms with E-state index in [1.165, 1.54) is 10.7 Å². The monoisotopic (exact) mass is 361 g/mol. The van der Waals surface area contributed by atoms with Crippen LogP contribution in [0.15, 0.2) is 76.0 Å². The first-order chi connectivity index (χ1) is 13.2. The van der Waals surface area contributed by atoms with Crippen molar-refractivity contribution in [2.45, 2.75) is 6.54 Å². The number of hydrogen-bond donors (Lipinski definition) is 2. The van der Waals surface area contributed by atoms with E-state index in [1.54, 1.807) is 12.1 Å². The lowest BCUT2D eigenvalue weighted by molar-refractivity contribution is 0.0944. The zero-order valence-electron chi connectivity index (χ0n) is 14.1. The summed E-state index contributed by atoms with van der Waals surface area (Å²) >= 11 is 0. The fraction of sp³-hybridized carbons (Fsp3) is 0.0526. The number of benzene rings is 2. The first-order valence-electron chi connectivity index (χ1n) is 8.24. The summed E-state index contributed by atoms with van der Waals surface area (Å²) in [4.78, 5) is 28.6. The summed E-state index contributed by atoms with van der Waals surface area (Å²) in [5, 5.41) is 9.31. The quantitative estimate of drug-likeness (QED) is 0.566. The van der Waals surface area contributed by atoms with Crippen LogP contribution >= 0.6 is 0 Å². The van der Waals surface area contributed by atoms with Crippen molar-refractivity contribution in [2.24, 2.45) is 0 Å². The largest absolute Gasteiger partial charge is 0.343 e. The summed E-state index contributed by atoms with van der Waals surface area (Å²) in [6.45, 7) is 0.0771. The van der Waals surface area contributed by atoms with Crippen molar-refractivity contribution in [3.8, 4) is 17.1 Å². The Bertz CT molecular complexity index is 1110. The number of rotatable bonds is 5. The second-order valence-corrected chi connectivity index (χ2v) is 5.74. The number of hydrogen-bond acceptors (Lipinski definition) is 5. The Morgan fingerprint density at radius 3 is 2.52 bits per heavy atom. The first kappa shape index (κ1) is 16.5. The van der Waals surface area contributed by atoms with E-state index in [2.05, 4.69) is 20.6 Å². The Morgan fingerprint density at radius 2 is 1.78 bits per heavy atom. The third-order valence-corrected chi connectivity index (χ3v) is 3.88. The molecule has 0 bridgehead atoms. The molecule has 2 heterocycles. The Balaban J connectivity index is 1.45. The SMILES string of the molecule is O=C(NCc1noc(-c2ccccc2)n1)c1cc(=O)n(-c2ccccc2)[nH]1. The number of aromatic amines is 1. The number of amides is 1. The van der Waals surface area contributed by atoms with Gasteiger partial charge < -0.3 is 9.84 Å². The van der Waals surface area contributed by atoms with E-state index in [4.69, 9.17) is 4.52 Å². The van der Waals surface area contributed by atoms with Gasteiger partial charge in [-0.3, -0.25) is 14.7 Å². The van der Waals surface area contributed by atoms with Crippen LogP contribution in [0.1, 0.15) is 16.3 Å². The van der Waals surface area contributed by atoms with Crippen molar-refractivity contribution >= 4 is 5.91 Å². The summed E-state index contributed by atoms with van der Waals surface area (Å²) in [5.41, 5.74) is 1.27. The predicted octanol–water partition coefficient (Wildman–Crippen LogP) is 2.15. The van der Waals surface area contributed by atoms with Crippen LogP contribution in [0.5, 0.6) is 0 Å². The predicted molar refractivity (Wildman–Crippen MR) is 97.3 cm³/mol. The molecule has 1 amide bonds. The van der Waals surface area contributed by atoms with Crippen LogP contribution in [-0.2, 0) is 6.54 Å². The Hall–Kier alpha value is -3.94. The lowest BCUT2D eigenvalue weighted by atomic mass is 10.2. The maximum absolute atomic E-state index is 12.3. The standard InChI is InChI=1S/C19H15N5O3/c25-17-11-15(22-24(17)14-9-5-2-6-10-14)18(26)20-12-16-21-19(27-23-16)13-7-3-1-4-8-13/h1-11,22H,12H2,(H,20,26). The van der Waals surface area contributed by atoms with Gasteiger partial charge in [-0.25, -0.2) is 4.68 Å². The molecule has 0 saturated heterocycles. The van der Waals surface area contributed by atoms with E-state index in [0.29, 0.717) is 17.4 Å². The zero-order chi connectivity index (χ0) is 18.6. The van der Waals surface area contributed by atoms with Crippen molar-refractivity contribution in [1.29, 1.82) is 0 Å². The topological polar surface area (TPSA) is 106 Å². The Morgan fingerprint density at radius 1 is 1.07 bits per heavy atom. The first-order valence-corrected chi connectivity index (χ1v) is 8.24. The summed E-state index contributed by atoms with van der Waals surface area (Å²) in [6.07, 6.45) is 0. The zero-order valence-corrected chi connectivity index (χ0v) is 14.1. The number of nitrogens with zero attached hydrogens (tertiary/aromatic N) is 3. The van der Waals surface area contributed by atoms with Gasteiger partial charge in [-0.1, -0.05) is 41.6 Å². The van der Waals surface area contributed by atoms with E-state index < -0.39 is 5.91 Å². The average molecular weight is 361 g/mol. The van der Waals surface area contributed by atoms with E-state index >= 15 is 0 Å². The molecule has 2 aromatic carbocycles. The van der Waals surface area contributed by atoms with Crippen molar-refractivity contribution in [3.05, 3.63) is 88.6 Å². The molecule has 0 unspecified atom stereocenters. The van der Waals surface area contributed by atoms with Gasteiger partial charge in [0.2, 0.25) is 0 Å². The number of aromatic nitrogens is 4. The van der Waals surface area contributed by atoms with E-state index in [1.807, 2.05) is 48.5 Å². The lowest BCUT2D eigenvalue weighted by Gasteiger charge is -2.02. The molecule has 0 aliphatic carbocycles. The van der Waals surface area contributed by atoms with Crippen LogP contribution in [0.2, 0.25) is 0 Å². The van der Waals surface area contributed by atoms with Crippen LogP contribution < -0.4 is 10.9 Å². The second-order valence-electron chi connectivity index (χ2n) is 5.74. The number of H-pyrrole nitrogens is 1. The van der Waals surface area contributed by atoms with Gasteiger partial charge in [0.05, 0.1) is 12.2 Å². The second kappa shape index (κ2) is 7.12. The number of nitrogens with one attached hydrogen (secondary N) is 2. The van der Waals surface area contributed by atoms with Gasteiger partial charge in [0.15, 0.2) is 5.82 Å². The highest BCUT2D eigenvalue weighted by Crippen LogP contribution is 2.15. The summed E-state index contributed by atoms with van der Waals surface area (Å²) < 4.78 is 6.50. The van der Waals surface area contributed by atoms with Crippen molar-refractivity contribution in [2.75, 3.05) is 0 Å². The van der Waals surface area contributed by atoms with Gasteiger partial charge in [0.1, 0.15) is 5.69 Å². The van der Waals surface area contributed by atoms with Gasteiger partial charge in [0, 0.05) is 11.6 Å². The van der Waals surface area contributed by atoms with Crippen LogP contribution in [0.25, 0.3) is 17.1 Å². The molecule has 2 N–H and O–H groups in total. The number of para-hydroxylation sites is 1. The minimum Gasteiger partial charge on any atom is -0.343 e. The summed E-state index contributed by atoms with van der Waals surface area (Å²) in [7, 11) is 0. The van der Waals surface area contributed by atoms with Gasteiger partial charge in [-0.05, 0) is 24.3 Å². The van der Waals surface area contributed by atoms with E-state index in [-0.39, 0.29) is 17.8 Å². The lowest BCUT2D eigenvalue weighted by Crippen LogP contribution is -2.24. The normalized spacial score (nSPS) is 10.7. The highest BCUT2D eigenvalue weighted by Gasteiger charge is 2.14. The molecule has 0 radical (unpaired) electrons. The molecule has 2 aromatic heterocycles. The maximum atomic E-state index is 12.3. The molecule has 0 atom stereocenters. The summed E-state index contributed by atoms with van der Waals surface area (Å²) in [6, 6.07) is 19.6. The molecule has 4 rings (SSSR count). The molecule has 0 saturated carbocycles. The fourth-order valence-corrected chi connectivity index (χ4v) is 2.56. The Labute approximate surface area is 153 Å². The summed E-state index contributed by atoms with van der Waals surface area (Å²) in [5.74, 6) is 0.281. The minimum atomic E-state index is -0.437. The molecule has 0 fully saturated rings. The van der Waals surface area contributed by atoms with E-state index in [0.717, 1.165) is 5.56 Å². The molecule has 4 aromatic rings. The minimum absolute atomic E-state index is 0.0771. The fourth-order valence-electron chi connectivity index (χ4n) is 2.56. The molecule has 8 heteroatoms. The van der Waals surface area contributed by atoms with Crippen molar-refractivity contribution < 1.29 is 9.32 Å². The van der Waals surface area contributed by atoms with Gasteiger partial charge >= 0.3 is 0 Å². The van der Waals surface area contributed by atoms with Crippen LogP contribution in [-0.4, -0.2) is 25.8 Å².